The van der Waals surface area contributed by atoms with E-state index in [4.69, 9.17) is 5.73 Å². The number of hydrogen-bond donors (Lipinski definition) is 1. The lowest BCUT2D eigenvalue weighted by atomic mass is 9.97. The number of nitrogens with zero attached hydrogens (tertiary/aromatic N) is 4. The van der Waals surface area contributed by atoms with Crippen molar-refractivity contribution in [2.75, 3.05) is 39.5 Å². The van der Waals surface area contributed by atoms with Crippen molar-refractivity contribution in [3.63, 3.8) is 0 Å². The number of hydrogen-bond acceptors (Lipinski definition) is 4. The van der Waals surface area contributed by atoms with Crippen molar-refractivity contribution in [2.24, 2.45) is 5.92 Å². The summed E-state index contributed by atoms with van der Waals surface area (Å²) in [6.07, 6.45) is 5.62. The molecule has 0 saturated carbocycles. The number of halogens is 2. The van der Waals surface area contributed by atoms with Crippen molar-refractivity contribution in [2.45, 2.75) is 19.4 Å². The molecule has 122 valence electrons. The number of amides is 1. The van der Waals surface area contributed by atoms with E-state index in [0.29, 0.717) is 18.2 Å². The number of rotatable bonds is 4. The second-order valence-corrected chi connectivity index (χ2v) is 5.56. The molecule has 8 heteroatoms. The molecule has 0 spiro atoms. The Morgan fingerprint density at radius 2 is 2.00 bits per heavy atom. The van der Waals surface area contributed by atoms with E-state index in [1.54, 1.807) is 6.20 Å². The lowest BCUT2D eigenvalue weighted by Gasteiger charge is -2.32. The Bertz CT molecular complexity index is 430. The summed E-state index contributed by atoms with van der Waals surface area (Å²) >= 11 is 0. The Morgan fingerprint density at radius 3 is 2.48 bits per heavy atom. The minimum atomic E-state index is 0. The Kier molecular flexibility index (Phi) is 8.70. The van der Waals surface area contributed by atoms with Crippen molar-refractivity contribution in [3.05, 3.63) is 12.4 Å². The largest absolute Gasteiger partial charge is 0.396 e. The standard InChI is InChI=1S/C13H23N5O.2ClH/c1-16(2)10-13(19)17-5-3-11(4-6-17)8-18-9-12(14)7-15-18;;/h7,9,11H,3-6,8,10,14H2,1-2H3;2*1H. The van der Waals surface area contributed by atoms with Gasteiger partial charge in [-0.25, -0.2) is 0 Å². The van der Waals surface area contributed by atoms with E-state index in [1.165, 1.54) is 0 Å². The van der Waals surface area contributed by atoms with Crippen LogP contribution in [0.2, 0.25) is 0 Å². The van der Waals surface area contributed by atoms with Crippen molar-refractivity contribution >= 4 is 36.4 Å². The highest BCUT2D eigenvalue weighted by Crippen LogP contribution is 2.19. The maximum absolute atomic E-state index is 11.9. The Hall–Kier alpha value is -0.980. The van der Waals surface area contributed by atoms with Crippen LogP contribution in [0.15, 0.2) is 12.4 Å². The normalized spacial score (nSPS) is 15.5. The average molecular weight is 338 g/mol. The second-order valence-electron chi connectivity index (χ2n) is 5.56. The van der Waals surface area contributed by atoms with E-state index in [9.17, 15) is 4.79 Å². The highest BCUT2D eigenvalue weighted by atomic mass is 35.5. The van der Waals surface area contributed by atoms with Crippen LogP contribution in [0.5, 0.6) is 0 Å². The quantitative estimate of drug-likeness (QED) is 0.893. The SMILES string of the molecule is CN(C)CC(=O)N1CCC(Cn2cc(N)cn2)CC1.Cl.Cl. The molecule has 21 heavy (non-hydrogen) atoms. The van der Waals surface area contributed by atoms with Crippen molar-refractivity contribution in [3.8, 4) is 0 Å². The van der Waals surface area contributed by atoms with Crippen LogP contribution in [0.25, 0.3) is 0 Å². The zero-order valence-corrected chi connectivity index (χ0v) is 14.2. The molecule has 1 aromatic heterocycles. The van der Waals surface area contributed by atoms with Gasteiger partial charge in [0.15, 0.2) is 0 Å². The molecule has 2 heterocycles. The van der Waals surface area contributed by atoms with Crippen LogP contribution in [-0.4, -0.2) is 59.2 Å². The van der Waals surface area contributed by atoms with Crippen LogP contribution in [0.1, 0.15) is 12.8 Å². The fourth-order valence-electron chi connectivity index (χ4n) is 2.48. The molecule has 2 N–H and O–H groups in total. The summed E-state index contributed by atoms with van der Waals surface area (Å²) in [4.78, 5) is 15.8. The van der Waals surface area contributed by atoms with Gasteiger partial charge in [-0.1, -0.05) is 0 Å². The first-order valence-corrected chi connectivity index (χ1v) is 6.75. The summed E-state index contributed by atoms with van der Waals surface area (Å²) in [6, 6.07) is 0. The number of piperidine rings is 1. The van der Waals surface area contributed by atoms with Gasteiger partial charge in [-0.3, -0.25) is 9.48 Å². The van der Waals surface area contributed by atoms with Gasteiger partial charge in [-0.15, -0.1) is 24.8 Å². The molecule has 0 bridgehead atoms. The number of likely N-dealkylation sites (N-methyl/N-ethyl adjacent to an activating group) is 1. The third-order valence-corrected chi connectivity index (χ3v) is 3.52. The highest BCUT2D eigenvalue weighted by Gasteiger charge is 2.23. The number of aromatic nitrogens is 2. The molecule has 0 radical (unpaired) electrons. The van der Waals surface area contributed by atoms with Gasteiger partial charge < -0.3 is 15.5 Å². The van der Waals surface area contributed by atoms with Gasteiger partial charge in [0, 0.05) is 25.8 Å². The number of carbonyl (C=O) groups excluding carboxylic acids is 1. The Morgan fingerprint density at radius 1 is 1.38 bits per heavy atom. The average Bonchev–Trinajstić information content (AvgIpc) is 2.75. The summed E-state index contributed by atoms with van der Waals surface area (Å²) in [5, 5.41) is 4.21. The maximum atomic E-state index is 11.9. The zero-order chi connectivity index (χ0) is 13.8. The van der Waals surface area contributed by atoms with E-state index in [0.717, 1.165) is 32.5 Å². The summed E-state index contributed by atoms with van der Waals surface area (Å²) in [5.74, 6) is 0.814. The molecule has 2 rings (SSSR count). The third kappa shape index (κ3) is 6.11. The van der Waals surface area contributed by atoms with E-state index < -0.39 is 0 Å². The molecule has 0 aliphatic carbocycles. The monoisotopic (exact) mass is 337 g/mol. The molecule has 1 amide bonds. The molecule has 1 aromatic rings. The summed E-state index contributed by atoms with van der Waals surface area (Å²) < 4.78 is 1.90. The first-order chi connectivity index (χ1) is 9.04. The fourth-order valence-corrected chi connectivity index (χ4v) is 2.48. The van der Waals surface area contributed by atoms with Crippen molar-refractivity contribution < 1.29 is 4.79 Å². The molecule has 1 fully saturated rings. The van der Waals surface area contributed by atoms with E-state index in [2.05, 4.69) is 5.10 Å². The lowest BCUT2D eigenvalue weighted by Crippen LogP contribution is -2.43. The molecule has 1 aliphatic rings. The smallest absolute Gasteiger partial charge is 0.236 e. The summed E-state index contributed by atoms with van der Waals surface area (Å²) in [7, 11) is 3.85. The van der Waals surface area contributed by atoms with Crippen LogP contribution < -0.4 is 5.73 Å². The zero-order valence-electron chi connectivity index (χ0n) is 12.6. The third-order valence-electron chi connectivity index (χ3n) is 3.52. The van der Waals surface area contributed by atoms with Crippen molar-refractivity contribution in [1.82, 2.24) is 19.6 Å². The summed E-state index contributed by atoms with van der Waals surface area (Å²) in [5.41, 5.74) is 6.36. The first-order valence-electron chi connectivity index (χ1n) is 6.75. The number of carbonyl (C=O) groups is 1. The Labute approximate surface area is 138 Å². The van der Waals surface area contributed by atoms with Gasteiger partial charge in [0.1, 0.15) is 0 Å². The molecule has 0 unspecified atom stereocenters. The van der Waals surface area contributed by atoms with Gasteiger partial charge in [0.05, 0.1) is 18.4 Å². The predicted octanol–water partition coefficient (Wildman–Crippen LogP) is 1.11. The minimum Gasteiger partial charge on any atom is -0.396 e. The summed E-state index contributed by atoms with van der Waals surface area (Å²) in [6.45, 7) is 3.11. The molecule has 1 saturated heterocycles. The number of nitrogen functional groups attached to an aromatic ring is 1. The minimum absolute atomic E-state index is 0. The van der Waals surface area contributed by atoms with Crippen LogP contribution >= 0.6 is 24.8 Å². The van der Waals surface area contributed by atoms with E-state index >= 15 is 0 Å². The van der Waals surface area contributed by atoms with E-state index in [-0.39, 0.29) is 30.7 Å². The van der Waals surface area contributed by atoms with Crippen LogP contribution in [0, 0.1) is 5.92 Å². The molecule has 1 aliphatic heterocycles. The predicted molar refractivity (Wildman–Crippen MR) is 89.0 cm³/mol. The maximum Gasteiger partial charge on any atom is 0.236 e. The topological polar surface area (TPSA) is 67.4 Å². The second kappa shape index (κ2) is 9.12. The Balaban J connectivity index is 0.00000200. The lowest BCUT2D eigenvalue weighted by molar-refractivity contribution is -0.133. The van der Waals surface area contributed by atoms with Crippen LogP contribution in [0.4, 0.5) is 5.69 Å². The van der Waals surface area contributed by atoms with Gasteiger partial charge >= 0.3 is 0 Å². The molecule has 0 aromatic carbocycles. The van der Waals surface area contributed by atoms with Crippen LogP contribution in [-0.2, 0) is 11.3 Å². The first kappa shape index (κ1) is 20.0. The van der Waals surface area contributed by atoms with Crippen molar-refractivity contribution in [1.29, 1.82) is 0 Å². The van der Waals surface area contributed by atoms with Gasteiger partial charge in [-0.05, 0) is 32.9 Å². The number of anilines is 1. The number of likely N-dealkylation sites (tertiary alicyclic amines) is 1. The van der Waals surface area contributed by atoms with Gasteiger partial charge in [0.25, 0.3) is 0 Å². The number of nitrogens with two attached hydrogens (primary N) is 1. The molecule has 6 nitrogen and oxygen atoms in total. The highest BCUT2D eigenvalue weighted by molar-refractivity contribution is 5.85. The molecule has 0 atom stereocenters. The molecular weight excluding hydrogens is 313 g/mol. The fraction of sp³-hybridized carbons (Fsp3) is 0.692. The van der Waals surface area contributed by atoms with Gasteiger partial charge in [-0.2, -0.15) is 5.10 Å². The van der Waals surface area contributed by atoms with Gasteiger partial charge in [0.2, 0.25) is 5.91 Å². The molecular formula is C13H25Cl2N5O. The van der Waals surface area contributed by atoms with E-state index in [1.807, 2.05) is 34.8 Å². The van der Waals surface area contributed by atoms with Crippen LogP contribution in [0.3, 0.4) is 0 Å².